The second-order valence-corrected chi connectivity index (χ2v) is 5.68. The quantitative estimate of drug-likeness (QED) is 0.490. The molecule has 2 rings (SSSR count). The Morgan fingerprint density at radius 2 is 2.13 bits per heavy atom. The van der Waals surface area contributed by atoms with Crippen LogP contribution in [0.4, 0.5) is 11.4 Å². The maximum absolute atomic E-state index is 12.5. The van der Waals surface area contributed by atoms with E-state index in [0.717, 1.165) is 10.7 Å². The molecule has 2 amide bonds. The number of amidine groups is 1. The SMILES string of the molecule is CC(=O)N(C(=O)/C(C#N)=C\NC1=NCCS1)c1ccc(N)cc1. The molecule has 0 fully saturated rings. The first-order valence-corrected chi connectivity index (χ1v) is 7.76. The fraction of sp³-hybridized carbons (Fsp3) is 0.200. The minimum absolute atomic E-state index is 0.188. The summed E-state index contributed by atoms with van der Waals surface area (Å²) >= 11 is 1.50. The van der Waals surface area contributed by atoms with Gasteiger partial charge < -0.3 is 11.1 Å². The van der Waals surface area contributed by atoms with Gasteiger partial charge in [-0.05, 0) is 24.3 Å². The third kappa shape index (κ3) is 4.11. The minimum atomic E-state index is -0.708. The zero-order valence-electron chi connectivity index (χ0n) is 12.4. The molecule has 0 radical (unpaired) electrons. The van der Waals surface area contributed by atoms with Crippen LogP contribution in [0.5, 0.6) is 0 Å². The topological polar surface area (TPSA) is 112 Å². The lowest BCUT2D eigenvalue weighted by Crippen LogP contribution is -2.36. The highest BCUT2D eigenvalue weighted by Crippen LogP contribution is 2.19. The van der Waals surface area contributed by atoms with E-state index in [9.17, 15) is 14.9 Å². The van der Waals surface area contributed by atoms with E-state index >= 15 is 0 Å². The van der Waals surface area contributed by atoms with Gasteiger partial charge in [0.1, 0.15) is 11.6 Å². The second-order valence-electron chi connectivity index (χ2n) is 4.60. The van der Waals surface area contributed by atoms with Crippen LogP contribution in [0.25, 0.3) is 0 Å². The Kier molecular flexibility index (Phi) is 5.38. The van der Waals surface area contributed by atoms with Gasteiger partial charge in [-0.2, -0.15) is 5.26 Å². The third-order valence-corrected chi connectivity index (χ3v) is 3.85. The van der Waals surface area contributed by atoms with Crippen molar-refractivity contribution in [2.24, 2.45) is 4.99 Å². The van der Waals surface area contributed by atoms with Crippen LogP contribution >= 0.6 is 11.8 Å². The van der Waals surface area contributed by atoms with E-state index in [0.29, 0.717) is 23.1 Å². The van der Waals surface area contributed by atoms with Crippen LogP contribution in [0.3, 0.4) is 0 Å². The average molecular weight is 329 g/mol. The summed E-state index contributed by atoms with van der Waals surface area (Å²) in [5, 5.41) is 12.7. The van der Waals surface area contributed by atoms with Crippen LogP contribution in [0, 0.1) is 11.3 Å². The van der Waals surface area contributed by atoms with E-state index in [4.69, 9.17) is 5.73 Å². The molecule has 8 heteroatoms. The number of imide groups is 1. The molecule has 0 spiro atoms. The van der Waals surface area contributed by atoms with Gasteiger partial charge in [0.15, 0.2) is 5.17 Å². The number of hydrogen-bond donors (Lipinski definition) is 2. The number of nitrogens with one attached hydrogen (secondary N) is 1. The molecule has 0 bridgehead atoms. The van der Waals surface area contributed by atoms with Crippen molar-refractivity contribution in [3.63, 3.8) is 0 Å². The summed E-state index contributed by atoms with van der Waals surface area (Å²) < 4.78 is 0. The molecule has 1 aromatic carbocycles. The van der Waals surface area contributed by atoms with Crippen molar-refractivity contribution in [3.8, 4) is 6.07 Å². The second kappa shape index (κ2) is 7.47. The summed E-state index contributed by atoms with van der Waals surface area (Å²) in [4.78, 5) is 29.4. The predicted octanol–water partition coefficient (Wildman–Crippen LogP) is 1.25. The van der Waals surface area contributed by atoms with Crippen LogP contribution < -0.4 is 16.0 Å². The van der Waals surface area contributed by atoms with Gasteiger partial charge in [0, 0.05) is 24.6 Å². The number of hydrogen-bond acceptors (Lipinski definition) is 7. The maximum atomic E-state index is 12.5. The number of amides is 2. The summed E-state index contributed by atoms with van der Waals surface area (Å²) in [6.07, 6.45) is 1.27. The molecule has 0 atom stereocenters. The summed E-state index contributed by atoms with van der Waals surface area (Å²) in [6, 6.07) is 8.07. The zero-order chi connectivity index (χ0) is 16.8. The number of benzene rings is 1. The van der Waals surface area contributed by atoms with Crippen LogP contribution in [0.15, 0.2) is 41.0 Å². The van der Waals surface area contributed by atoms with Gasteiger partial charge in [-0.15, -0.1) is 0 Å². The summed E-state index contributed by atoms with van der Waals surface area (Å²) in [6.45, 7) is 1.95. The fourth-order valence-electron chi connectivity index (χ4n) is 1.88. The number of nitriles is 1. The van der Waals surface area contributed by atoms with Gasteiger partial charge in [0.2, 0.25) is 5.91 Å². The first-order chi connectivity index (χ1) is 11.0. The molecule has 1 aromatic rings. The van der Waals surface area contributed by atoms with E-state index in [1.165, 1.54) is 24.9 Å². The molecule has 0 unspecified atom stereocenters. The van der Waals surface area contributed by atoms with Crippen molar-refractivity contribution in [3.05, 3.63) is 36.0 Å². The standard InChI is InChI=1S/C15H15N5O2S/c1-10(21)20(13-4-2-12(17)3-5-13)14(22)11(8-16)9-19-15-18-6-7-23-15/h2-5,9H,6-7,17H2,1H3,(H,18,19)/b11-9-. The molecule has 7 nitrogen and oxygen atoms in total. The van der Waals surface area contributed by atoms with Gasteiger partial charge in [-0.3, -0.25) is 14.6 Å². The zero-order valence-corrected chi connectivity index (χ0v) is 13.3. The average Bonchev–Trinajstić information content (AvgIpc) is 3.03. The number of nitrogens with zero attached hydrogens (tertiary/aromatic N) is 3. The van der Waals surface area contributed by atoms with Crippen LogP contribution in [-0.4, -0.2) is 29.3 Å². The van der Waals surface area contributed by atoms with Crippen LogP contribution in [0.1, 0.15) is 6.92 Å². The first kappa shape index (κ1) is 16.6. The van der Waals surface area contributed by atoms with Crippen molar-refractivity contribution >= 4 is 40.1 Å². The van der Waals surface area contributed by atoms with Gasteiger partial charge in [0.05, 0.1) is 12.2 Å². The molecule has 3 N–H and O–H groups in total. The van der Waals surface area contributed by atoms with Gasteiger partial charge in [-0.25, -0.2) is 4.90 Å². The van der Waals surface area contributed by atoms with Crippen molar-refractivity contribution in [1.82, 2.24) is 5.32 Å². The summed E-state index contributed by atoms with van der Waals surface area (Å²) in [7, 11) is 0. The first-order valence-electron chi connectivity index (χ1n) is 6.77. The Morgan fingerprint density at radius 3 is 2.65 bits per heavy atom. The van der Waals surface area contributed by atoms with E-state index < -0.39 is 11.8 Å². The molecule has 0 saturated carbocycles. The number of thioether (sulfide) groups is 1. The number of nitrogen functional groups attached to an aromatic ring is 1. The highest BCUT2D eigenvalue weighted by molar-refractivity contribution is 8.14. The Labute approximate surface area is 137 Å². The molecule has 0 saturated heterocycles. The molecule has 0 aromatic heterocycles. The molecule has 1 aliphatic heterocycles. The van der Waals surface area contributed by atoms with Crippen molar-refractivity contribution < 1.29 is 9.59 Å². The summed E-state index contributed by atoms with van der Waals surface area (Å²) in [5.74, 6) is -0.342. The molecule has 23 heavy (non-hydrogen) atoms. The number of nitrogens with two attached hydrogens (primary N) is 1. The Bertz CT molecular complexity index is 718. The lowest BCUT2D eigenvalue weighted by molar-refractivity contribution is -0.123. The number of aliphatic imine (C=N–C) groups is 1. The largest absolute Gasteiger partial charge is 0.399 e. The Balaban J connectivity index is 2.25. The number of carbonyl (C=O) groups excluding carboxylic acids is 2. The molecule has 1 aliphatic rings. The van der Waals surface area contributed by atoms with Gasteiger partial charge in [0.25, 0.3) is 5.91 Å². The lowest BCUT2D eigenvalue weighted by atomic mass is 10.2. The van der Waals surface area contributed by atoms with Crippen molar-refractivity contribution in [2.75, 3.05) is 22.9 Å². The van der Waals surface area contributed by atoms with E-state index in [-0.39, 0.29) is 5.57 Å². The molecule has 1 heterocycles. The Hall–Kier alpha value is -2.79. The van der Waals surface area contributed by atoms with Gasteiger partial charge in [-0.1, -0.05) is 11.8 Å². The summed E-state index contributed by atoms with van der Waals surface area (Å²) in [5.41, 5.74) is 6.28. The smallest absolute Gasteiger partial charge is 0.277 e. The van der Waals surface area contributed by atoms with Crippen molar-refractivity contribution in [2.45, 2.75) is 6.92 Å². The highest BCUT2D eigenvalue weighted by atomic mass is 32.2. The normalized spacial score (nSPS) is 13.9. The van der Waals surface area contributed by atoms with E-state index in [1.807, 2.05) is 6.07 Å². The third-order valence-electron chi connectivity index (χ3n) is 2.95. The van der Waals surface area contributed by atoms with E-state index in [1.54, 1.807) is 24.3 Å². The highest BCUT2D eigenvalue weighted by Gasteiger charge is 2.24. The molecular formula is C15H15N5O2S. The molecule has 118 valence electrons. The fourth-order valence-corrected chi connectivity index (χ4v) is 2.58. The predicted molar refractivity (Wildman–Crippen MR) is 90.6 cm³/mol. The van der Waals surface area contributed by atoms with Crippen LogP contribution in [0.2, 0.25) is 0 Å². The number of rotatable bonds is 3. The maximum Gasteiger partial charge on any atom is 0.277 e. The monoisotopic (exact) mass is 329 g/mol. The minimum Gasteiger partial charge on any atom is -0.399 e. The van der Waals surface area contributed by atoms with Gasteiger partial charge >= 0.3 is 0 Å². The molecular weight excluding hydrogens is 314 g/mol. The number of anilines is 2. The van der Waals surface area contributed by atoms with E-state index in [2.05, 4.69) is 10.3 Å². The lowest BCUT2D eigenvalue weighted by Gasteiger charge is -2.19. The van der Waals surface area contributed by atoms with Crippen molar-refractivity contribution in [1.29, 1.82) is 5.26 Å². The molecule has 0 aliphatic carbocycles. The van der Waals surface area contributed by atoms with Crippen LogP contribution in [-0.2, 0) is 9.59 Å². The Morgan fingerprint density at radius 1 is 1.43 bits per heavy atom. The number of carbonyl (C=O) groups is 2.